The van der Waals surface area contributed by atoms with Crippen LogP contribution in [0.2, 0.25) is 0 Å². The van der Waals surface area contributed by atoms with E-state index in [-0.39, 0.29) is 36.2 Å². The van der Waals surface area contributed by atoms with Crippen molar-refractivity contribution in [3.63, 3.8) is 0 Å². The predicted octanol–water partition coefficient (Wildman–Crippen LogP) is 12.5. The van der Waals surface area contributed by atoms with E-state index in [0.29, 0.717) is 19.3 Å². The summed E-state index contributed by atoms with van der Waals surface area (Å²) in [4.78, 5) is 37.0. The van der Waals surface area contributed by atoms with Crippen LogP contribution in [0.15, 0.2) is 85.1 Å². The highest BCUT2D eigenvalue weighted by Gasteiger charge is 2.31. The van der Waals surface area contributed by atoms with E-state index in [9.17, 15) is 19.5 Å². The molecule has 0 spiro atoms. The molecule has 58 heavy (non-hydrogen) atoms. The summed E-state index contributed by atoms with van der Waals surface area (Å²) in [6.45, 7) is 4.46. The average molecular weight is 811 g/mol. The van der Waals surface area contributed by atoms with E-state index in [1.165, 1.54) is 12.8 Å². The van der Waals surface area contributed by atoms with Crippen molar-refractivity contribution in [2.24, 2.45) is 0 Å². The van der Waals surface area contributed by atoms with Gasteiger partial charge in [0.1, 0.15) is 6.61 Å². The van der Waals surface area contributed by atoms with Crippen molar-refractivity contribution in [3.05, 3.63) is 85.1 Å². The lowest BCUT2D eigenvalue weighted by molar-refractivity contribution is -0.887. The van der Waals surface area contributed by atoms with Gasteiger partial charge in [0, 0.05) is 19.3 Å². The number of hydrogen-bond donors (Lipinski definition) is 1. The largest absolute Gasteiger partial charge is 0.477 e. The van der Waals surface area contributed by atoms with Crippen LogP contribution < -0.4 is 0 Å². The minimum Gasteiger partial charge on any atom is -0.477 e. The second-order valence-corrected chi connectivity index (χ2v) is 15.9. The summed E-state index contributed by atoms with van der Waals surface area (Å²) in [5, 5.41) is 9.62. The Balaban J connectivity index is 4.35. The zero-order valence-electron chi connectivity index (χ0n) is 37.5. The predicted molar refractivity (Wildman–Crippen MR) is 243 cm³/mol. The van der Waals surface area contributed by atoms with Gasteiger partial charge in [-0.05, 0) is 83.5 Å². The monoisotopic (exact) mass is 811 g/mol. The normalized spacial score (nSPS) is 13.7. The average Bonchev–Trinajstić information content (AvgIpc) is 3.18. The molecule has 0 aromatic rings. The molecule has 0 aliphatic carbocycles. The molecule has 8 heteroatoms. The molecule has 8 nitrogen and oxygen atoms in total. The molecule has 0 aromatic carbocycles. The van der Waals surface area contributed by atoms with Crippen LogP contribution in [0.4, 0.5) is 0 Å². The number of likely N-dealkylation sites (N-methyl/N-ethyl adjacent to an activating group) is 1. The van der Waals surface area contributed by atoms with Crippen molar-refractivity contribution in [3.8, 4) is 0 Å². The van der Waals surface area contributed by atoms with Crippen LogP contribution in [0.1, 0.15) is 162 Å². The summed E-state index contributed by atoms with van der Waals surface area (Å²) in [7, 11) is 5.51. The maximum atomic E-state index is 12.7. The Morgan fingerprint density at radius 1 is 0.517 bits per heavy atom. The van der Waals surface area contributed by atoms with Gasteiger partial charge < -0.3 is 23.8 Å². The van der Waals surface area contributed by atoms with E-state index in [2.05, 4.69) is 98.9 Å². The first kappa shape index (κ1) is 54.5. The van der Waals surface area contributed by atoms with Crippen LogP contribution in [-0.4, -0.2) is 80.6 Å². The lowest BCUT2D eigenvalue weighted by atomic mass is 10.1. The van der Waals surface area contributed by atoms with E-state index in [1.54, 1.807) is 0 Å². The number of carboxylic acid groups (broad SMARTS) is 1. The molecule has 330 valence electrons. The number of rotatable bonds is 39. The summed E-state index contributed by atoms with van der Waals surface area (Å²) in [5.41, 5.74) is 0. The number of aliphatic carboxylic acids is 1. The Labute approximate surface area is 354 Å². The first-order valence-electron chi connectivity index (χ1n) is 22.6. The molecule has 1 N–H and O–H groups in total. The van der Waals surface area contributed by atoms with Gasteiger partial charge in [-0.3, -0.25) is 9.59 Å². The van der Waals surface area contributed by atoms with Crippen LogP contribution >= 0.6 is 0 Å². The van der Waals surface area contributed by atoms with E-state index in [0.717, 1.165) is 116 Å². The minimum absolute atomic E-state index is 0.0454. The van der Waals surface area contributed by atoms with Gasteiger partial charge in [0.2, 0.25) is 0 Å². The Morgan fingerprint density at radius 2 is 0.914 bits per heavy atom. The maximum absolute atomic E-state index is 12.7. The number of esters is 2. The third-order valence-corrected chi connectivity index (χ3v) is 9.54. The standard InChI is InChI=1S/C50H83NO7/c1-6-8-10-12-14-16-18-20-21-22-23-24-25-26-27-28-29-31-33-35-37-39-41-49(53)58-46(44-56-43-42-47(50(54)55)51(3,4)5)45-57-48(52)40-38-36-34-32-30-19-17-15-13-11-9-7-2/h8-11,14-17,20-21,23-24,26-27,46-47H,6-7,12-13,18-19,22,25,28-45H2,1-5H3/p+1/b10-8+,11-9+,16-14+,17-15+,21-20+,24-23+,27-26+. The molecular formula is C50H84NO7+. The molecular weight excluding hydrogens is 727 g/mol. The quantitative estimate of drug-likeness (QED) is 0.0286. The molecule has 2 unspecified atom stereocenters. The SMILES string of the molecule is CC/C=C/C/C=C/C/C=C/C/C=C/C/C=C/CCCCCCCCC(=O)OC(COCCC(C(=O)O)[N+](C)(C)C)COC(=O)CCCCCCC/C=C/C/C=C/CC. The molecule has 0 radical (unpaired) electrons. The van der Waals surface area contributed by atoms with E-state index >= 15 is 0 Å². The molecule has 0 saturated carbocycles. The van der Waals surface area contributed by atoms with Crippen molar-refractivity contribution in [1.29, 1.82) is 0 Å². The fourth-order valence-electron chi connectivity index (χ4n) is 6.10. The molecule has 0 aromatic heterocycles. The van der Waals surface area contributed by atoms with Crippen LogP contribution in [0.25, 0.3) is 0 Å². The van der Waals surface area contributed by atoms with Crippen molar-refractivity contribution in [2.45, 2.75) is 174 Å². The summed E-state index contributed by atoms with van der Waals surface area (Å²) >= 11 is 0. The highest BCUT2D eigenvalue weighted by atomic mass is 16.6. The number of carboxylic acids is 1. The van der Waals surface area contributed by atoms with Crippen LogP contribution in [0, 0.1) is 0 Å². The molecule has 2 atom stereocenters. The van der Waals surface area contributed by atoms with Gasteiger partial charge in [-0.1, -0.05) is 144 Å². The lowest BCUT2D eigenvalue weighted by Gasteiger charge is -2.31. The van der Waals surface area contributed by atoms with Gasteiger partial charge in [0.15, 0.2) is 12.1 Å². The molecule has 0 saturated heterocycles. The van der Waals surface area contributed by atoms with Crippen molar-refractivity contribution in [2.75, 3.05) is 41.0 Å². The number of carbonyl (C=O) groups is 3. The molecule has 0 bridgehead atoms. The second kappa shape index (κ2) is 40.3. The zero-order chi connectivity index (χ0) is 42.8. The van der Waals surface area contributed by atoms with Crippen molar-refractivity contribution >= 4 is 17.9 Å². The Hall–Kier alpha value is -3.49. The summed E-state index contributed by atoms with van der Waals surface area (Å²) in [5.74, 6) is -1.52. The number of unbranched alkanes of at least 4 members (excludes halogenated alkanes) is 11. The fourth-order valence-corrected chi connectivity index (χ4v) is 6.10. The second-order valence-electron chi connectivity index (χ2n) is 15.9. The van der Waals surface area contributed by atoms with Crippen molar-refractivity contribution < 1.29 is 38.2 Å². The lowest BCUT2D eigenvalue weighted by Crippen LogP contribution is -2.50. The van der Waals surface area contributed by atoms with Crippen LogP contribution in [-0.2, 0) is 28.6 Å². The van der Waals surface area contributed by atoms with E-state index < -0.39 is 18.1 Å². The topological polar surface area (TPSA) is 99.1 Å². The van der Waals surface area contributed by atoms with Crippen LogP contribution in [0.5, 0.6) is 0 Å². The third kappa shape index (κ3) is 38.1. The highest BCUT2D eigenvalue weighted by molar-refractivity contribution is 5.72. The number of nitrogens with zero attached hydrogens (tertiary/aromatic N) is 1. The van der Waals surface area contributed by atoms with Crippen LogP contribution in [0.3, 0.4) is 0 Å². The number of ether oxygens (including phenoxy) is 3. The van der Waals surface area contributed by atoms with Gasteiger partial charge in [-0.25, -0.2) is 4.79 Å². The summed E-state index contributed by atoms with van der Waals surface area (Å²) in [6, 6.07) is -0.624. The van der Waals surface area contributed by atoms with Gasteiger partial charge in [-0.15, -0.1) is 0 Å². The first-order valence-corrected chi connectivity index (χ1v) is 22.6. The Morgan fingerprint density at radius 3 is 1.34 bits per heavy atom. The first-order chi connectivity index (χ1) is 28.1. The minimum atomic E-state index is -0.884. The summed E-state index contributed by atoms with van der Waals surface area (Å²) < 4.78 is 17.2. The van der Waals surface area contributed by atoms with Gasteiger partial charge >= 0.3 is 17.9 Å². The van der Waals surface area contributed by atoms with Gasteiger partial charge in [-0.2, -0.15) is 0 Å². The van der Waals surface area contributed by atoms with E-state index in [1.807, 2.05) is 21.1 Å². The molecule has 0 rings (SSSR count). The van der Waals surface area contributed by atoms with Crippen molar-refractivity contribution in [1.82, 2.24) is 0 Å². The number of allylic oxidation sites excluding steroid dienone is 14. The number of carbonyl (C=O) groups excluding carboxylic acids is 2. The van der Waals surface area contributed by atoms with E-state index in [4.69, 9.17) is 14.2 Å². The smallest absolute Gasteiger partial charge is 0.362 e. The molecule has 0 heterocycles. The Kier molecular flexibility index (Phi) is 37.9. The molecule has 0 aliphatic heterocycles. The molecule has 0 aliphatic rings. The third-order valence-electron chi connectivity index (χ3n) is 9.54. The number of quaternary nitrogens is 1. The summed E-state index contributed by atoms with van der Waals surface area (Å²) in [6.07, 6.45) is 52.0. The van der Waals surface area contributed by atoms with Gasteiger partial charge in [0.05, 0.1) is 34.4 Å². The maximum Gasteiger partial charge on any atom is 0.362 e. The Bertz CT molecular complexity index is 1220. The zero-order valence-corrected chi connectivity index (χ0v) is 37.5. The molecule has 0 amide bonds. The fraction of sp³-hybridized carbons (Fsp3) is 0.660. The van der Waals surface area contributed by atoms with Gasteiger partial charge in [0.25, 0.3) is 0 Å². The molecule has 0 fully saturated rings. The highest BCUT2D eigenvalue weighted by Crippen LogP contribution is 2.13. The number of hydrogen-bond acceptors (Lipinski definition) is 6.